The minimum Gasteiger partial charge on any atom is -0.380 e. The van der Waals surface area contributed by atoms with Crippen LogP contribution in [0.4, 0.5) is 10.1 Å². The Hall–Kier alpha value is -3.00. The van der Waals surface area contributed by atoms with Gasteiger partial charge in [-0.25, -0.2) is 4.39 Å². The van der Waals surface area contributed by atoms with E-state index in [-0.39, 0.29) is 29.5 Å². The highest BCUT2D eigenvalue weighted by atomic mass is 32.1. The van der Waals surface area contributed by atoms with Gasteiger partial charge in [0.15, 0.2) is 0 Å². The lowest BCUT2D eigenvalue weighted by Gasteiger charge is -2.26. The summed E-state index contributed by atoms with van der Waals surface area (Å²) in [6.45, 7) is 4.11. The normalized spacial score (nSPS) is 15.2. The molecule has 8 heteroatoms. The van der Waals surface area contributed by atoms with E-state index >= 15 is 4.39 Å². The van der Waals surface area contributed by atoms with Gasteiger partial charge in [-0.3, -0.25) is 9.59 Å². The zero-order chi connectivity index (χ0) is 25.7. The maximum absolute atomic E-state index is 15.2. The Labute approximate surface area is 214 Å². The van der Waals surface area contributed by atoms with Crippen LogP contribution in [0.1, 0.15) is 93.2 Å². The number of benzene rings is 1. The van der Waals surface area contributed by atoms with Gasteiger partial charge in [0, 0.05) is 30.1 Å². The van der Waals surface area contributed by atoms with Crippen LogP contribution >= 0.6 is 11.3 Å². The average molecular weight is 512 g/mol. The highest BCUT2D eigenvalue weighted by Gasteiger charge is 2.23. The van der Waals surface area contributed by atoms with E-state index in [9.17, 15) is 14.4 Å². The van der Waals surface area contributed by atoms with Gasteiger partial charge in [-0.05, 0) is 60.2 Å². The SMILES string of the molecule is CCC(CC)n1cc(C(=O)NC(CC=O)c2ccsc2)c(=O)c2cc(F)c(NC3CCCCC3)cc21. The number of thiophene rings is 1. The third-order valence-electron chi connectivity index (χ3n) is 7.25. The van der Waals surface area contributed by atoms with Crippen molar-refractivity contribution < 1.29 is 14.0 Å². The molecule has 2 heterocycles. The zero-order valence-corrected chi connectivity index (χ0v) is 21.7. The maximum atomic E-state index is 15.2. The van der Waals surface area contributed by atoms with Gasteiger partial charge in [0.25, 0.3) is 5.91 Å². The van der Waals surface area contributed by atoms with Crippen LogP contribution in [0, 0.1) is 5.82 Å². The molecule has 0 radical (unpaired) electrons. The maximum Gasteiger partial charge on any atom is 0.257 e. The van der Waals surface area contributed by atoms with Gasteiger partial charge in [0.05, 0.1) is 17.2 Å². The molecule has 1 aromatic carbocycles. The minimum absolute atomic E-state index is 0.0373. The third-order valence-corrected chi connectivity index (χ3v) is 7.95. The number of rotatable bonds is 10. The van der Waals surface area contributed by atoms with Gasteiger partial charge in [-0.1, -0.05) is 33.1 Å². The summed E-state index contributed by atoms with van der Waals surface area (Å²) < 4.78 is 17.2. The zero-order valence-electron chi connectivity index (χ0n) is 20.9. The molecule has 4 rings (SSSR count). The van der Waals surface area contributed by atoms with Crippen molar-refractivity contribution in [2.24, 2.45) is 0 Å². The Morgan fingerprint density at radius 3 is 2.61 bits per heavy atom. The summed E-state index contributed by atoms with van der Waals surface area (Å²) in [5.41, 5.74) is 1.27. The van der Waals surface area contributed by atoms with Gasteiger partial charge in [-0.15, -0.1) is 0 Å². The Kier molecular flexibility index (Phi) is 8.56. The number of aromatic nitrogens is 1. The summed E-state index contributed by atoms with van der Waals surface area (Å²) in [5.74, 6) is -1.06. The van der Waals surface area contributed by atoms with Gasteiger partial charge in [0.1, 0.15) is 17.7 Å². The van der Waals surface area contributed by atoms with Crippen molar-refractivity contribution in [3.05, 3.63) is 62.3 Å². The summed E-state index contributed by atoms with van der Waals surface area (Å²) in [6, 6.07) is 4.56. The van der Waals surface area contributed by atoms with Gasteiger partial charge in [-0.2, -0.15) is 11.3 Å². The number of carbonyl (C=O) groups is 2. The molecule has 0 aliphatic heterocycles. The van der Waals surface area contributed by atoms with Crippen LogP contribution < -0.4 is 16.1 Å². The molecule has 36 heavy (non-hydrogen) atoms. The summed E-state index contributed by atoms with van der Waals surface area (Å²) in [4.78, 5) is 38.0. The molecule has 1 fully saturated rings. The van der Waals surface area contributed by atoms with Gasteiger partial charge < -0.3 is 20.0 Å². The fourth-order valence-electron chi connectivity index (χ4n) is 5.18. The quantitative estimate of drug-likeness (QED) is 0.310. The van der Waals surface area contributed by atoms with Crippen molar-refractivity contribution in [3.63, 3.8) is 0 Å². The Morgan fingerprint density at radius 1 is 1.22 bits per heavy atom. The Balaban J connectivity index is 1.77. The molecule has 0 saturated heterocycles. The molecule has 1 amide bonds. The number of hydrogen-bond donors (Lipinski definition) is 2. The largest absolute Gasteiger partial charge is 0.380 e. The minimum atomic E-state index is -0.565. The molecule has 0 bridgehead atoms. The highest BCUT2D eigenvalue weighted by Crippen LogP contribution is 2.29. The van der Waals surface area contributed by atoms with E-state index < -0.39 is 23.2 Å². The van der Waals surface area contributed by atoms with Crippen LogP contribution in [0.25, 0.3) is 10.9 Å². The van der Waals surface area contributed by atoms with Crippen LogP contribution in [-0.2, 0) is 4.79 Å². The van der Waals surface area contributed by atoms with Crippen molar-refractivity contribution >= 4 is 40.1 Å². The summed E-state index contributed by atoms with van der Waals surface area (Å²) in [5, 5.41) is 10.1. The second-order valence-corrected chi connectivity index (χ2v) is 10.3. The second kappa shape index (κ2) is 11.8. The first-order valence-corrected chi connectivity index (χ1v) is 13.8. The third kappa shape index (κ3) is 5.53. The fourth-order valence-corrected chi connectivity index (χ4v) is 5.89. The van der Waals surface area contributed by atoms with E-state index in [1.165, 1.54) is 23.8 Å². The molecule has 0 spiro atoms. The van der Waals surface area contributed by atoms with Crippen LogP contribution in [-0.4, -0.2) is 22.8 Å². The smallest absolute Gasteiger partial charge is 0.257 e. The Morgan fingerprint density at radius 2 is 1.97 bits per heavy atom. The summed E-state index contributed by atoms with van der Waals surface area (Å²) in [7, 11) is 0. The lowest BCUT2D eigenvalue weighted by molar-refractivity contribution is -0.108. The van der Waals surface area contributed by atoms with Crippen LogP contribution in [0.15, 0.2) is 40.0 Å². The van der Waals surface area contributed by atoms with Gasteiger partial charge >= 0.3 is 0 Å². The molecular formula is C28H34FN3O3S. The van der Waals surface area contributed by atoms with Crippen LogP contribution in [0.5, 0.6) is 0 Å². The van der Waals surface area contributed by atoms with Crippen molar-refractivity contribution in [3.8, 4) is 0 Å². The topological polar surface area (TPSA) is 80.2 Å². The first-order valence-electron chi connectivity index (χ1n) is 12.9. The predicted molar refractivity (Wildman–Crippen MR) is 143 cm³/mol. The first kappa shape index (κ1) is 26.1. The van der Waals surface area contributed by atoms with Gasteiger partial charge in [0.2, 0.25) is 5.43 Å². The number of nitrogens with one attached hydrogen (secondary N) is 2. The van der Waals surface area contributed by atoms with Crippen molar-refractivity contribution in [2.75, 3.05) is 5.32 Å². The monoisotopic (exact) mass is 511 g/mol. The van der Waals surface area contributed by atoms with Crippen LogP contribution in [0.3, 0.4) is 0 Å². The molecule has 192 valence electrons. The van der Waals surface area contributed by atoms with E-state index in [2.05, 4.69) is 24.5 Å². The van der Waals surface area contributed by atoms with E-state index in [1.54, 1.807) is 12.3 Å². The Bertz CT molecular complexity index is 1260. The molecule has 6 nitrogen and oxygen atoms in total. The number of nitrogens with zero attached hydrogens (tertiary/aromatic N) is 1. The summed E-state index contributed by atoms with van der Waals surface area (Å²) >= 11 is 1.47. The van der Waals surface area contributed by atoms with Crippen molar-refractivity contribution in [1.29, 1.82) is 0 Å². The lowest BCUT2D eigenvalue weighted by atomic mass is 9.95. The van der Waals surface area contributed by atoms with E-state index in [1.807, 2.05) is 21.4 Å². The number of hydrogen-bond acceptors (Lipinski definition) is 5. The molecule has 1 atom stereocenters. The molecule has 1 aliphatic rings. The molecule has 2 N–H and O–H groups in total. The van der Waals surface area contributed by atoms with Crippen molar-refractivity contribution in [1.82, 2.24) is 9.88 Å². The highest BCUT2D eigenvalue weighted by molar-refractivity contribution is 7.08. The molecule has 1 aliphatic carbocycles. The van der Waals surface area contributed by atoms with E-state index in [0.717, 1.165) is 50.4 Å². The number of pyridine rings is 1. The van der Waals surface area contributed by atoms with Crippen molar-refractivity contribution in [2.45, 2.75) is 83.3 Å². The molecule has 3 aromatic rings. The predicted octanol–water partition coefficient (Wildman–Crippen LogP) is 6.37. The number of halogens is 1. The lowest BCUT2D eigenvalue weighted by Crippen LogP contribution is -2.33. The summed E-state index contributed by atoms with van der Waals surface area (Å²) in [6.07, 6.45) is 9.50. The number of carbonyl (C=O) groups excluding carboxylic acids is 2. The number of fused-ring (bicyclic) bond motifs is 1. The number of amides is 1. The van der Waals surface area contributed by atoms with E-state index in [4.69, 9.17) is 0 Å². The molecular weight excluding hydrogens is 477 g/mol. The standard InChI is InChI=1S/C28H34FN3O3S/c1-3-20(4-2)32-16-22(28(35)31-24(10-12-33)18-11-13-36-17-18)27(34)21-14-23(29)25(15-26(21)32)30-19-8-6-5-7-9-19/h11-17,19-20,24,30H,3-10H2,1-2H3,(H,31,35). The fraction of sp³-hybridized carbons (Fsp3) is 0.464. The van der Waals surface area contributed by atoms with Crippen LogP contribution in [0.2, 0.25) is 0 Å². The average Bonchev–Trinajstić information content (AvgIpc) is 3.42. The van der Waals surface area contributed by atoms with E-state index in [0.29, 0.717) is 11.2 Å². The number of aldehydes is 1. The molecule has 1 unspecified atom stereocenters. The molecule has 1 saturated carbocycles. The molecule has 2 aromatic heterocycles. The first-order chi connectivity index (χ1) is 17.5. The second-order valence-electron chi connectivity index (χ2n) is 9.56. The number of anilines is 1.